The van der Waals surface area contributed by atoms with Crippen molar-refractivity contribution in [3.8, 4) is 0 Å². The summed E-state index contributed by atoms with van der Waals surface area (Å²) in [5.41, 5.74) is 1.20. The minimum absolute atomic E-state index is 0.0257. The summed E-state index contributed by atoms with van der Waals surface area (Å²) in [7, 11) is 0. The van der Waals surface area contributed by atoms with Crippen LogP contribution in [0.15, 0.2) is 12.1 Å². The van der Waals surface area contributed by atoms with E-state index in [4.69, 9.17) is 23.2 Å². The molecule has 2 rings (SSSR count). The number of hydrogen-bond donors (Lipinski definition) is 1. The molecule has 1 unspecified atom stereocenters. The minimum atomic E-state index is -0.506. The largest absolute Gasteiger partial charge is 0.355 e. The van der Waals surface area contributed by atoms with Crippen molar-refractivity contribution < 1.29 is 9.18 Å². The number of hydrogen-bond acceptors (Lipinski definition) is 2. The summed E-state index contributed by atoms with van der Waals surface area (Å²) in [4.78, 5) is 15.3. The van der Waals surface area contributed by atoms with Crippen LogP contribution in [-0.2, 0) is 11.3 Å². The van der Waals surface area contributed by atoms with Crippen LogP contribution < -0.4 is 5.32 Å². The van der Waals surface area contributed by atoms with Crippen molar-refractivity contribution in [3.05, 3.63) is 28.8 Å². The van der Waals surface area contributed by atoms with Crippen molar-refractivity contribution in [2.75, 3.05) is 6.54 Å². The van der Waals surface area contributed by atoms with Crippen molar-refractivity contribution in [3.63, 3.8) is 0 Å². The number of carbonyl (C=O) groups is 1. The van der Waals surface area contributed by atoms with Gasteiger partial charge in [0.15, 0.2) is 0 Å². The Bertz CT molecular complexity index is 655. The molecular formula is C13H14Cl2FN3O. The van der Waals surface area contributed by atoms with Crippen LogP contribution in [0.25, 0.3) is 11.0 Å². The Balaban J connectivity index is 2.45. The summed E-state index contributed by atoms with van der Waals surface area (Å²) in [5, 5.41) is 2.38. The molecule has 0 bridgehead atoms. The molecule has 0 aliphatic rings. The van der Waals surface area contributed by atoms with Gasteiger partial charge >= 0.3 is 0 Å². The van der Waals surface area contributed by atoms with Crippen LogP contribution in [0, 0.1) is 5.82 Å². The quantitative estimate of drug-likeness (QED) is 0.880. The van der Waals surface area contributed by atoms with Gasteiger partial charge in [0, 0.05) is 26.1 Å². The van der Waals surface area contributed by atoms with Gasteiger partial charge < -0.3 is 9.88 Å². The van der Waals surface area contributed by atoms with Gasteiger partial charge in [0.25, 0.3) is 0 Å². The van der Waals surface area contributed by atoms with Crippen molar-refractivity contribution in [1.29, 1.82) is 0 Å². The highest BCUT2D eigenvalue weighted by atomic mass is 35.5. The Morgan fingerprint density at radius 3 is 2.85 bits per heavy atom. The number of halogens is 3. The van der Waals surface area contributed by atoms with Crippen LogP contribution in [0.2, 0.25) is 5.02 Å². The molecule has 0 spiro atoms. The maximum Gasteiger partial charge on any atom is 0.216 e. The molecule has 0 aliphatic heterocycles. The molecule has 0 aliphatic carbocycles. The van der Waals surface area contributed by atoms with E-state index < -0.39 is 5.82 Å². The lowest BCUT2D eigenvalue weighted by Gasteiger charge is -2.10. The summed E-state index contributed by atoms with van der Waals surface area (Å²) in [6, 6.07) is 2.81. The fraction of sp³-hybridized carbons (Fsp3) is 0.385. The zero-order valence-electron chi connectivity index (χ0n) is 11.1. The molecule has 1 heterocycles. The molecule has 4 nitrogen and oxygen atoms in total. The number of amides is 1. The molecule has 0 radical (unpaired) electrons. The first kappa shape index (κ1) is 15.1. The number of rotatable bonds is 4. The minimum Gasteiger partial charge on any atom is -0.355 e. The molecule has 0 saturated heterocycles. The monoisotopic (exact) mass is 317 g/mol. The second-order valence-electron chi connectivity index (χ2n) is 4.48. The first-order valence-corrected chi connectivity index (χ1v) is 6.95. The summed E-state index contributed by atoms with van der Waals surface area (Å²) >= 11 is 11.9. The molecule has 0 fully saturated rings. The van der Waals surface area contributed by atoms with E-state index in [1.165, 1.54) is 19.1 Å². The Hall–Kier alpha value is -1.33. The van der Waals surface area contributed by atoms with Gasteiger partial charge in [-0.25, -0.2) is 9.37 Å². The van der Waals surface area contributed by atoms with E-state index in [2.05, 4.69) is 10.3 Å². The molecule has 0 saturated carbocycles. The van der Waals surface area contributed by atoms with Crippen LogP contribution in [0.3, 0.4) is 0 Å². The lowest BCUT2D eigenvalue weighted by molar-refractivity contribution is -0.118. The predicted octanol–water partition coefficient (Wildman–Crippen LogP) is 3.26. The number of nitrogens with one attached hydrogen (secondary N) is 1. The maximum atomic E-state index is 13.6. The molecular weight excluding hydrogens is 304 g/mol. The van der Waals surface area contributed by atoms with Crippen LogP contribution >= 0.6 is 23.2 Å². The zero-order valence-corrected chi connectivity index (χ0v) is 12.6. The fourth-order valence-electron chi connectivity index (χ4n) is 2.02. The second-order valence-corrected chi connectivity index (χ2v) is 5.54. The third-order valence-electron chi connectivity index (χ3n) is 2.88. The van der Waals surface area contributed by atoms with Crippen molar-refractivity contribution in [2.24, 2.45) is 0 Å². The van der Waals surface area contributed by atoms with Crippen LogP contribution in [0.5, 0.6) is 0 Å². The van der Waals surface area contributed by atoms with Gasteiger partial charge in [-0.3, -0.25) is 4.79 Å². The van der Waals surface area contributed by atoms with E-state index in [0.29, 0.717) is 29.9 Å². The summed E-state index contributed by atoms with van der Waals surface area (Å²) in [6.45, 7) is 4.11. The number of carbonyl (C=O) groups excluding carboxylic acids is 1. The number of nitrogens with zero attached hydrogens (tertiary/aromatic N) is 2. The van der Waals surface area contributed by atoms with E-state index in [9.17, 15) is 9.18 Å². The van der Waals surface area contributed by atoms with Crippen molar-refractivity contribution >= 4 is 40.1 Å². The van der Waals surface area contributed by atoms with Crippen LogP contribution in [-0.4, -0.2) is 22.0 Å². The molecule has 1 atom stereocenters. The Morgan fingerprint density at radius 1 is 1.55 bits per heavy atom. The van der Waals surface area contributed by atoms with E-state index >= 15 is 0 Å². The zero-order chi connectivity index (χ0) is 14.9. The van der Waals surface area contributed by atoms with Gasteiger partial charge in [-0.2, -0.15) is 0 Å². The molecule has 1 aromatic carbocycles. The van der Waals surface area contributed by atoms with Gasteiger partial charge in [-0.1, -0.05) is 11.6 Å². The lowest BCUT2D eigenvalue weighted by atomic mass is 10.3. The van der Waals surface area contributed by atoms with Crippen molar-refractivity contribution in [1.82, 2.24) is 14.9 Å². The lowest BCUT2D eigenvalue weighted by Crippen LogP contribution is -2.25. The third-order valence-corrected chi connectivity index (χ3v) is 3.37. The molecule has 7 heteroatoms. The van der Waals surface area contributed by atoms with Crippen LogP contribution in [0.4, 0.5) is 4.39 Å². The molecule has 108 valence electrons. The number of aromatic nitrogens is 2. The molecule has 2 aromatic rings. The van der Waals surface area contributed by atoms with Crippen LogP contribution in [0.1, 0.15) is 25.0 Å². The highest BCUT2D eigenvalue weighted by molar-refractivity contribution is 6.31. The second kappa shape index (κ2) is 5.97. The average molecular weight is 318 g/mol. The molecule has 1 N–H and O–H groups in total. The summed E-state index contributed by atoms with van der Waals surface area (Å²) < 4.78 is 15.4. The van der Waals surface area contributed by atoms with Gasteiger partial charge in [0.1, 0.15) is 11.6 Å². The van der Waals surface area contributed by atoms with E-state index in [1.807, 2.05) is 0 Å². The SMILES string of the molecule is CC(=O)NCCn1c(C(C)Cl)nc2cc(Cl)c(F)cc21. The predicted molar refractivity (Wildman–Crippen MR) is 77.7 cm³/mol. The van der Waals surface area contributed by atoms with Gasteiger partial charge in [-0.05, 0) is 13.0 Å². The smallest absolute Gasteiger partial charge is 0.216 e. The van der Waals surface area contributed by atoms with E-state index in [1.54, 1.807) is 11.5 Å². The number of imidazole rings is 1. The first-order chi connectivity index (χ1) is 9.40. The maximum absolute atomic E-state index is 13.6. The van der Waals surface area contributed by atoms with Gasteiger partial charge in [-0.15, -0.1) is 11.6 Å². The van der Waals surface area contributed by atoms with Gasteiger partial charge in [0.05, 0.1) is 21.4 Å². The van der Waals surface area contributed by atoms with Crippen molar-refractivity contribution in [2.45, 2.75) is 25.8 Å². The highest BCUT2D eigenvalue weighted by Gasteiger charge is 2.16. The topological polar surface area (TPSA) is 46.9 Å². The number of alkyl halides is 1. The normalized spacial score (nSPS) is 12.7. The molecule has 1 aromatic heterocycles. The summed E-state index contributed by atoms with van der Waals surface area (Å²) in [5.74, 6) is -0.00794. The molecule has 20 heavy (non-hydrogen) atoms. The Kier molecular flexibility index (Phi) is 4.50. The van der Waals surface area contributed by atoms with E-state index in [0.717, 1.165) is 0 Å². The molecule has 1 amide bonds. The van der Waals surface area contributed by atoms with Gasteiger partial charge in [0.2, 0.25) is 5.91 Å². The highest BCUT2D eigenvalue weighted by Crippen LogP contribution is 2.28. The number of benzene rings is 1. The first-order valence-electron chi connectivity index (χ1n) is 6.14. The average Bonchev–Trinajstić information content (AvgIpc) is 2.68. The summed E-state index contributed by atoms with van der Waals surface area (Å²) in [6.07, 6.45) is 0. The Morgan fingerprint density at radius 2 is 2.25 bits per heavy atom. The standard InChI is InChI=1S/C13H14Cl2FN3O/c1-7(14)13-18-11-5-9(15)10(16)6-12(11)19(13)4-3-17-8(2)20/h5-7H,3-4H2,1-2H3,(H,17,20). The fourth-order valence-corrected chi connectivity index (χ4v) is 2.35. The van der Waals surface area contributed by atoms with E-state index in [-0.39, 0.29) is 16.3 Å². The number of fused-ring (bicyclic) bond motifs is 1. The Labute approximate surface area is 125 Å². The third kappa shape index (κ3) is 3.04.